The van der Waals surface area contributed by atoms with Crippen molar-refractivity contribution in [2.45, 2.75) is 19.9 Å². The molecule has 1 aliphatic rings. The van der Waals surface area contributed by atoms with Crippen molar-refractivity contribution < 1.29 is 33.0 Å². The number of furan rings is 2. The highest BCUT2D eigenvalue weighted by Crippen LogP contribution is 2.43. The largest absolute Gasteiger partial charge is 0.503 e. The summed E-state index contributed by atoms with van der Waals surface area (Å²) in [6.45, 7) is 4.11. The van der Waals surface area contributed by atoms with E-state index >= 15 is 0 Å². The van der Waals surface area contributed by atoms with Crippen molar-refractivity contribution in [1.82, 2.24) is 0 Å². The summed E-state index contributed by atoms with van der Waals surface area (Å²) >= 11 is 6.16. The summed E-state index contributed by atoms with van der Waals surface area (Å²) in [6.07, 6.45) is 0. The summed E-state index contributed by atoms with van der Waals surface area (Å²) in [6, 6.07) is 13.9. The van der Waals surface area contributed by atoms with Gasteiger partial charge in [-0.2, -0.15) is 0 Å². The van der Waals surface area contributed by atoms with E-state index in [2.05, 4.69) is 0 Å². The first-order chi connectivity index (χ1) is 17.3. The number of hydrogen-bond donors (Lipinski definition) is 1. The predicted octanol–water partition coefficient (Wildman–Crippen LogP) is 6.18. The van der Waals surface area contributed by atoms with Crippen LogP contribution in [0, 0.1) is 6.92 Å². The topological polar surface area (TPSA) is 102 Å². The second-order valence-electron chi connectivity index (χ2n) is 8.18. The minimum Gasteiger partial charge on any atom is -0.503 e. The number of benzene rings is 2. The monoisotopic (exact) mass is 507 g/mol. The molecule has 5 rings (SSSR count). The Morgan fingerprint density at radius 1 is 1.11 bits per heavy atom. The number of nitrogens with zero attached hydrogens (tertiary/aromatic N) is 1. The van der Waals surface area contributed by atoms with Gasteiger partial charge in [-0.25, -0.2) is 0 Å². The molecule has 0 radical (unpaired) electrons. The molecule has 1 unspecified atom stereocenters. The van der Waals surface area contributed by atoms with Crippen LogP contribution in [0.15, 0.2) is 74.8 Å². The third-order valence-corrected chi connectivity index (χ3v) is 6.12. The summed E-state index contributed by atoms with van der Waals surface area (Å²) < 4.78 is 22.5. The number of halogens is 1. The fraction of sp³-hybridized carbons (Fsp3) is 0.185. The van der Waals surface area contributed by atoms with Crippen LogP contribution in [-0.2, 0) is 4.79 Å². The van der Waals surface area contributed by atoms with Gasteiger partial charge in [-0.05, 0) is 62.4 Å². The van der Waals surface area contributed by atoms with Crippen LogP contribution >= 0.6 is 11.6 Å². The first-order valence-corrected chi connectivity index (χ1v) is 11.6. The number of rotatable bonds is 7. The number of aliphatic hydroxyl groups excluding tert-OH is 1. The quantitative estimate of drug-likeness (QED) is 0.298. The molecule has 2 aromatic carbocycles. The molecule has 0 saturated heterocycles. The number of carbonyl (C=O) groups is 2. The number of fused-ring (bicyclic) bond motifs is 1. The van der Waals surface area contributed by atoms with Gasteiger partial charge in [0.1, 0.15) is 23.3 Å². The molecule has 9 heteroatoms. The van der Waals surface area contributed by atoms with Gasteiger partial charge in [0, 0.05) is 22.2 Å². The molecule has 1 atom stereocenters. The Morgan fingerprint density at radius 2 is 1.86 bits per heavy atom. The van der Waals surface area contributed by atoms with E-state index in [0.717, 1.165) is 0 Å². The van der Waals surface area contributed by atoms with Crippen LogP contribution in [0.2, 0.25) is 5.02 Å². The van der Waals surface area contributed by atoms with E-state index in [1.54, 1.807) is 55.5 Å². The molecule has 1 aliphatic heterocycles. The van der Waals surface area contributed by atoms with Gasteiger partial charge in [0.25, 0.3) is 5.91 Å². The first kappa shape index (κ1) is 23.6. The van der Waals surface area contributed by atoms with Crippen molar-refractivity contribution in [3.05, 3.63) is 88.2 Å². The van der Waals surface area contributed by atoms with Crippen molar-refractivity contribution in [2.75, 3.05) is 18.6 Å². The molecule has 0 aliphatic carbocycles. The molecule has 0 bridgehead atoms. The van der Waals surface area contributed by atoms with Crippen LogP contribution in [-0.4, -0.2) is 30.5 Å². The zero-order valence-electron chi connectivity index (χ0n) is 19.7. The zero-order valence-corrected chi connectivity index (χ0v) is 20.5. The van der Waals surface area contributed by atoms with E-state index < -0.39 is 23.5 Å². The summed E-state index contributed by atoms with van der Waals surface area (Å²) in [7, 11) is 1.46. The van der Waals surface area contributed by atoms with E-state index in [1.807, 2.05) is 6.92 Å². The average molecular weight is 508 g/mol. The van der Waals surface area contributed by atoms with Gasteiger partial charge in [0.05, 0.1) is 19.3 Å². The summed E-state index contributed by atoms with van der Waals surface area (Å²) in [4.78, 5) is 28.3. The molecular weight excluding hydrogens is 486 g/mol. The van der Waals surface area contributed by atoms with E-state index in [1.165, 1.54) is 18.1 Å². The van der Waals surface area contributed by atoms with Gasteiger partial charge in [-0.15, -0.1) is 0 Å². The average Bonchev–Trinajstić information content (AvgIpc) is 3.55. The summed E-state index contributed by atoms with van der Waals surface area (Å²) in [5.74, 6) is -0.279. The summed E-state index contributed by atoms with van der Waals surface area (Å²) in [5, 5.41) is 11.9. The second kappa shape index (κ2) is 9.13. The van der Waals surface area contributed by atoms with Crippen LogP contribution in [0.1, 0.15) is 35.0 Å². The second-order valence-corrected chi connectivity index (χ2v) is 8.62. The molecule has 0 fully saturated rings. The van der Waals surface area contributed by atoms with Crippen molar-refractivity contribution in [3.63, 3.8) is 0 Å². The lowest BCUT2D eigenvalue weighted by Crippen LogP contribution is -2.30. The molecule has 1 amide bonds. The fourth-order valence-electron chi connectivity index (χ4n) is 4.32. The van der Waals surface area contributed by atoms with Crippen molar-refractivity contribution in [3.8, 4) is 11.5 Å². The minimum absolute atomic E-state index is 0.0817. The normalized spacial score (nSPS) is 15.7. The van der Waals surface area contributed by atoms with Gasteiger partial charge >= 0.3 is 0 Å². The number of aliphatic hydroxyl groups is 1. The Morgan fingerprint density at radius 3 is 2.50 bits per heavy atom. The lowest BCUT2D eigenvalue weighted by Gasteiger charge is -2.25. The number of ether oxygens (including phenoxy) is 2. The number of amides is 1. The maximum Gasteiger partial charge on any atom is 0.294 e. The molecule has 2 aromatic heterocycles. The number of Topliss-reactive ketones (excluding diaryl/α,β-unsaturated/α-hetero) is 1. The number of anilines is 1. The van der Waals surface area contributed by atoms with E-state index in [0.29, 0.717) is 51.3 Å². The number of hydrogen-bond acceptors (Lipinski definition) is 7. The van der Waals surface area contributed by atoms with Crippen molar-refractivity contribution in [2.24, 2.45) is 0 Å². The predicted molar refractivity (Wildman–Crippen MR) is 133 cm³/mol. The maximum atomic E-state index is 13.7. The van der Waals surface area contributed by atoms with Gasteiger partial charge in [-0.1, -0.05) is 11.6 Å². The molecule has 0 saturated carbocycles. The SMILES string of the molecule is CCOc1ccc(N2C(=O)C(O)=C(C(=O)c3cc4cc(Cl)cc(OC)c4o3)C2c2ccc(C)o2)cc1. The van der Waals surface area contributed by atoms with E-state index in [9.17, 15) is 14.7 Å². The maximum absolute atomic E-state index is 13.7. The number of carbonyl (C=O) groups excluding carboxylic acids is 2. The Bertz CT molecular complexity index is 1510. The molecular formula is C27H22ClNO7. The van der Waals surface area contributed by atoms with E-state index in [-0.39, 0.29) is 11.3 Å². The van der Waals surface area contributed by atoms with Crippen molar-refractivity contribution in [1.29, 1.82) is 0 Å². The number of methoxy groups -OCH3 is 1. The zero-order chi connectivity index (χ0) is 25.6. The number of ketones is 1. The van der Waals surface area contributed by atoms with Gasteiger partial charge in [0.2, 0.25) is 5.78 Å². The van der Waals surface area contributed by atoms with Crippen LogP contribution in [0.25, 0.3) is 11.0 Å². The molecule has 1 N–H and O–H groups in total. The Kier molecular flexibility index (Phi) is 5.97. The lowest BCUT2D eigenvalue weighted by molar-refractivity contribution is -0.117. The van der Waals surface area contributed by atoms with Gasteiger partial charge < -0.3 is 23.4 Å². The Hall–Kier alpha value is -4.17. The highest BCUT2D eigenvalue weighted by molar-refractivity contribution is 6.31. The molecule has 184 valence electrons. The molecule has 3 heterocycles. The smallest absolute Gasteiger partial charge is 0.294 e. The highest BCUT2D eigenvalue weighted by Gasteiger charge is 2.47. The summed E-state index contributed by atoms with van der Waals surface area (Å²) in [5.41, 5.74) is 0.616. The fourth-order valence-corrected chi connectivity index (χ4v) is 4.54. The van der Waals surface area contributed by atoms with Crippen molar-refractivity contribution >= 4 is 39.9 Å². The van der Waals surface area contributed by atoms with Gasteiger partial charge in [0.15, 0.2) is 22.9 Å². The highest BCUT2D eigenvalue weighted by atomic mass is 35.5. The third-order valence-electron chi connectivity index (χ3n) is 5.90. The Balaban J connectivity index is 1.62. The molecule has 8 nitrogen and oxygen atoms in total. The first-order valence-electron chi connectivity index (χ1n) is 11.2. The molecule has 36 heavy (non-hydrogen) atoms. The number of aryl methyl sites for hydroxylation is 1. The van der Waals surface area contributed by atoms with Crippen LogP contribution < -0.4 is 14.4 Å². The van der Waals surface area contributed by atoms with Gasteiger partial charge in [-0.3, -0.25) is 14.5 Å². The lowest BCUT2D eigenvalue weighted by atomic mass is 9.99. The van der Waals surface area contributed by atoms with Crippen LogP contribution in [0.4, 0.5) is 5.69 Å². The third kappa shape index (κ3) is 3.89. The minimum atomic E-state index is -1.02. The van der Waals surface area contributed by atoms with Crippen LogP contribution in [0.5, 0.6) is 11.5 Å². The Labute approximate surface area is 211 Å². The molecule has 0 spiro atoms. The van der Waals surface area contributed by atoms with Crippen LogP contribution in [0.3, 0.4) is 0 Å². The molecule has 4 aromatic rings. The standard InChI is InChI=1S/C27H22ClNO7/c1-4-34-18-8-6-17(7-9-18)29-23(19-10-5-14(2)35-19)22(25(31)27(29)32)24(30)20-12-15-11-16(28)13-21(33-3)26(15)36-20/h5-13,23,31H,4H2,1-3H3. The van der Waals surface area contributed by atoms with E-state index in [4.69, 9.17) is 29.9 Å².